The molecule has 19 heavy (non-hydrogen) atoms. The highest BCUT2D eigenvalue weighted by atomic mass is 32.1. The van der Waals surface area contributed by atoms with Crippen LogP contribution in [0.25, 0.3) is 0 Å². The van der Waals surface area contributed by atoms with E-state index in [0.29, 0.717) is 5.41 Å². The molecule has 0 aliphatic heterocycles. The summed E-state index contributed by atoms with van der Waals surface area (Å²) < 4.78 is 0. The summed E-state index contributed by atoms with van der Waals surface area (Å²) in [6.07, 6.45) is 13.3. The number of fused-ring (bicyclic) bond motifs is 2. The highest BCUT2D eigenvalue weighted by Gasteiger charge is 2.40. The molecule has 0 radical (unpaired) electrons. The first-order valence-corrected chi connectivity index (χ1v) is 9.13. The van der Waals surface area contributed by atoms with Crippen LogP contribution in [0.2, 0.25) is 0 Å². The molecule has 0 spiro atoms. The molecule has 3 aliphatic rings. The summed E-state index contributed by atoms with van der Waals surface area (Å²) in [6, 6.07) is 0. The second kappa shape index (κ2) is 5.97. The van der Waals surface area contributed by atoms with Crippen LogP contribution in [-0.2, 0) is 0 Å². The number of hydrogen-bond acceptors (Lipinski definition) is 2. The molecule has 0 aromatic heterocycles. The topological polar surface area (TPSA) is 3.24 Å². The SMILES string of the molecule is CN(CC1CC2CCC1C2)CC1(CS)CCCCC1. The summed E-state index contributed by atoms with van der Waals surface area (Å²) in [5, 5.41) is 0. The maximum absolute atomic E-state index is 4.69. The fourth-order valence-corrected chi connectivity index (χ4v) is 5.72. The minimum atomic E-state index is 0.535. The standard InChI is InChI=1S/C17H31NS/c1-18(11-16-10-14-5-6-15(16)9-14)12-17(13-19)7-3-2-4-8-17/h14-16,19H,2-13H2,1H3. The van der Waals surface area contributed by atoms with Crippen molar-refractivity contribution in [2.45, 2.75) is 57.8 Å². The summed E-state index contributed by atoms with van der Waals surface area (Å²) in [7, 11) is 2.37. The maximum Gasteiger partial charge on any atom is 0.00429 e. The predicted molar refractivity (Wildman–Crippen MR) is 85.8 cm³/mol. The average molecular weight is 282 g/mol. The molecule has 0 saturated heterocycles. The van der Waals surface area contributed by atoms with Gasteiger partial charge in [0.15, 0.2) is 0 Å². The Morgan fingerprint density at radius 2 is 1.89 bits per heavy atom. The van der Waals surface area contributed by atoms with Crippen molar-refractivity contribution in [2.24, 2.45) is 23.2 Å². The number of thiol groups is 1. The van der Waals surface area contributed by atoms with E-state index >= 15 is 0 Å². The van der Waals surface area contributed by atoms with E-state index in [4.69, 9.17) is 0 Å². The Hall–Kier alpha value is 0.310. The highest BCUT2D eigenvalue weighted by molar-refractivity contribution is 7.80. The quantitative estimate of drug-likeness (QED) is 0.738. The minimum absolute atomic E-state index is 0.535. The van der Waals surface area contributed by atoms with Crippen LogP contribution >= 0.6 is 12.6 Å². The molecule has 3 fully saturated rings. The van der Waals surface area contributed by atoms with Gasteiger partial charge >= 0.3 is 0 Å². The zero-order valence-corrected chi connectivity index (χ0v) is 13.5. The van der Waals surface area contributed by atoms with Crippen LogP contribution in [0.3, 0.4) is 0 Å². The van der Waals surface area contributed by atoms with Gasteiger partial charge in [0, 0.05) is 13.1 Å². The maximum atomic E-state index is 4.69. The average Bonchev–Trinajstić information content (AvgIpc) is 3.02. The zero-order valence-electron chi connectivity index (χ0n) is 12.6. The van der Waals surface area contributed by atoms with Gasteiger partial charge in [0.2, 0.25) is 0 Å². The Morgan fingerprint density at radius 3 is 2.47 bits per heavy atom. The monoisotopic (exact) mass is 281 g/mol. The second-order valence-corrected chi connectivity index (χ2v) is 8.17. The molecule has 3 atom stereocenters. The van der Waals surface area contributed by atoms with Crippen molar-refractivity contribution in [1.82, 2.24) is 4.90 Å². The summed E-state index contributed by atoms with van der Waals surface area (Å²) in [5.74, 6) is 4.28. The van der Waals surface area contributed by atoms with Crippen molar-refractivity contribution in [1.29, 1.82) is 0 Å². The molecule has 3 rings (SSSR count). The van der Waals surface area contributed by atoms with E-state index in [9.17, 15) is 0 Å². The number of nitrogens with zero attached hydrogens (tertiary/aromatic N) is 1. The molecule has 3 unspecified atom stereocenters. The lowest BCUT2D eigenvalue weighted by molar-refractivity contribution is 0.121. The fraction of sp³-hybridized carbons (Fsp3) is 1.00. The molecule has 3 aliphatic carbocycles. The van der Waals surface area contributed by atoms with Gasteiger partial charge in [-0.25, -0.2) is 0 Å². The van der Waals surface area contributed by atoms with Crippen LogP contribution in [0.1, 0.15) is 57.8 Å². The molecule has 0 N–H and O–H groups in total. The molecule has 3 saturated carbocycles. The first kappa shape index (κ1) is 14.3. The molecule has 110 valence electrons. The predicted octanol–water partition coefficient (Wildman–Crippen LogP) is 4.23. The van der Waals surface area contributed by atoms with Gasteiger partial charge in [0.1, 0.15) is 0 Å². The van der Waals surface area contributed by atoms with Gasteiger partial charge in [0.25, 0.3) is 0 Å². The van der Waals surface area contributed by atoms with Crippen molar-refractivity contribution in [3.63, 3.8) is 0 Å². The summed E-state index contributed by atoms with van der Waals surface area (Å²) in [6.45, 7) is 2.65. The number of rotatable bonds is 5. The van der Waals surface area contributed by atoms with Crippen molar-refractivity contribution in [2.75, 3.05) is 25.9 Å². The normalized spacial score (nSPS) is 37.1. The van der Waals surface area contributed by atoms with Gasteiger partial charge in [-0.2, -0.15) is 12.6 Å². The van der Waals surface area contributed by atoms with E-state index in [1.54, 1.807) is 6.42 Å². The van der Waals surface area contributed by atoms with E-state index in [-0.39, 0.29) is 0 Å². The molecular formula is C17H31NS. The zero-order chi connectivity index (χ0) is 13.3. The summed E-state index contributed by atoms with van der Waals surface area (Å²) >= 11 is 4.69. The smallest absolute Gasteiger partial charge is 0.00429 e. The van der Waals surface area contributed by atoms with Crippen molar-refractivity contribution in [3.05, 3.63) is 0 Å². The minimum Gasteiger partial charge on any atom is -0.306 e. The van der Waals surface area contributed by atoms with E-state index in [0.717, 1.165) is 23.5 Å². The number of hydrogen-bond donors (Lipinski definition) is 1. The van der Waals surface area contributed by atoms with E-state index in [2.05, 4.69) is 24.6 Å². The van der Waals surface area contributed by atoms with E-state index < -0.39 is 0 Å². The Kier molecular flexibility index (Phi) is 4.48. The third-order valence-electron chi connectivity index (χ3n) is 6.29. The van der Waals surface area contributed by atoms with Gasteiger partial charge in [-0.3, -0.25) is 0 Å². The Labute approximate surface area is 124 Å². The van der Waals surface area contributed by atoms with Gasteiger partial charge in [-0.1, -0.05) is 25.7 Å². The van der Waals surface area contributed by atoms with Crippen LogP contribution in [0, 0.1) is 23.2 Å². The molecular weight excluding hydrogens is 250 g/mol. The van der Waals surface area contributed by atoms with Crippen LogP contribution < -0.4 is 0 Å². The van der Waals surface area contributed by atoms with Gasteiger partial charge in [0.05, 0.1) is 0 Å². The van der Waals surface area contributed by atoms with Gasteiger partial charge in [-0.05, 0) is 68.1 Å². The largest absolute Gasteiger partial charge is 0.306 e. The molecule has 1 nitrogen and oxygen atoms in total. The van der Waals surface area contributed by atoms with Crippen molar-refractivity contribution < 1.29 is 0 Å². The third-order valence-corrected chi connectivity index (χ3v) is 6.96. The van der Waals surface area contributed by atoms with Crippen LogP contribution in [0.5, 0.6) is 0 Å². The Bertz CT molecular complexity index is 298. The van der Waals surface area contributed by atoms with Crippen LogP contribution in [0.15, 0.2) is 0 Å². The first-order chi connectivity index (χ1) is 9.21. The molecule has 0 aromatic rings. The summed E-state index contributed by atoms with van der Waals surface area (Å²) in [4.78, 5) is 2.66. The molecule has 2 bridgehead atoms. The van der Waals surface area contributed by atoms with E-state index in [1.165, 1.54) is 64.5 Å². The third kappa shape index (κ3) is 3.15. The molecule has 0 amide bonds. The first-order valence-electron chi connectivity index (χ1n) is 8.50. The highest BCUT2D eigenvalue weighted by Crippen LogP contribution is 2.48. The lowest BCUT2D eigenvalue weighted by atomic mass is 9.75. The molecule has 0 aromatic carbocycles. The summed E-state index contributed by atoms with van der Waals surface area (Å²) in [5.41, 5.74) is 0.535. The lowest BCUT2D eigenvalue weighted by Crippen LogP contribution is -2.41. The van der Waals surface area contributed by atoms with E-state index in [1.807, 2.05) is 0 Å². The van der Waals surface area contributed by atoms with Crippen LogP contribution in [0.4, 0.5) is 0 Å². The molecule has 0 heterocycles. The second-order valence-electron chi connectivity index (χ2n) is 7.85. The Morgan fingerprint density at radius 1 is 1.11 bits per heavy atom. The van der Waals surface area contributed by atoms with Crippen molar-refractivity contribution in [3.8, 4) is 0 Å². The van der Waals surface area contributed by atoms with Gasteiger partial charge < -0.3 is 4.90 Å². The molecule has 2 heteroatoms. The van der Waals surface area contributed by atoms with Crippen LogP contribution in [-0.4, -0.2) is 30.8 Å². The Balaban J connectivity index is 1.51. The fourth-order valence-electron chi connectivity index (χ4n) is 5.31. The van der Waals surface area contributed by atoms with Crippen molar-refractivity contribution >= 4 is 12.6 Å². The lowest BCUT2D eigenvalue weighted by Gasteiger charge is -2.40. The van der Waals surface area contributed by atoms with Gasteiger partial charge in [-0.15, -0.1) is 0 Å².